The van der Waals surface area contributed by atoms with Gasteiger partial charge in [-0.05, 0) is 24.6 Å². The number of halogens is 1. The Kier molecular flexibility index (Phi) is 4.12. The van der Waals surface area contributed by atoms with Crippen LogP contribution in [0, 0.1) is 6.92 Å². The first-order chi connectivity index (χ1) is 10.1. The van der Waals surface area contributed by atoms with E-state index in [2.05, 4.69) is 9.82 Å². The van der Waals surface area contributed by atoms with Gasteiger partial charge in [-0.3, -0.25) is 14.1 Å². The number of aromatic nitrogens is 3. The molecule has 2 aromatic rings. The summed E-state index contributed by atoms with van der Waals surface area (Å²) in [5, 5.41) is 3.65. The molecule has 2 rings (SSSR count). The highest BCUT2D eigenvalue weighted by atomic mass is 35.5. The van der Waals surface area contributed by atoms with Gasteiger partial charge in [-0.25, -0.2) is 17.9 Å². The largest absolute Gasteiger partial charge is 0.346 e. The van der Waals surface area contributed by atoms with Crippen LogP contribution in [-0.4, -0.2) is 22.8 Å². The van der Waals surface area contributed by atoms with Crippen LogP contribution in [0.3, 0.4) is 0 Å². The fourth-order valence-electron chi connectivity index (χ4n) is 1.76. The van der Waals surface area contributed by atoms with E-state index < -0.39 is 27.1 Å². The standard InChI is InChI=1S/C12H13ClN4O4S/c1-7-4-5-8(13)9(6-7)22(20,21)15-10-11(18)16(2)12(19)17(3)14-10/h4-6H,1-3H3,(H,14,15). The number of rotatable bonds is 3. The summed E-state index contributed by atoms with van der Waals surface area (Å²) in [6.07, 6.45) is 0. The first kappa shape index (κ1) is 16.2. The molecule has 0 saturated heterocycles. The van der Waals surface area contributed by atoms with E-state index in [1.807, 2.05) is 0 Å². The topological polar surface area (TPSA) is 103 Å². The molecule has 0 saturated carbocycles. The van der Waals surface area contributed by atoms with Crippen LogP contribution >= 0.6 is 11.6 Å². The zero-order chi connectivity index (χ0) is 16.7. The smallest absolute Gasteiger partial charge is 0.265 e. The van der Waals surface area contributed by atoms with Crippen LogP contribution in [0.15, 0.2) is 32.7 Å². The molecular weight excluding hydrogens is 332 g/mol. The lowest BCUT2D eigenvalue weighted by molar-refractivity contribution is 0.593. The Balaban J connectivity index is 2.57. The van der Waals surface area contributed by atoms with Gasteiger partial charge in [0.2, 0.25) is 5.82 Å². The summed E-state index contributed by atoms with van der Waals surface area (Å²) in [7, 11) is -1.58. The maximum absolute atomic E-state index is 12.4. The Morgan fingerprint density at radius 2 is 1.86 bits per heavy atom. The molecule has 22 heavy (non-hydrogen) atoms. The van der Waals surface area contributed by atoms with Gasteiger partial charge in [-0.15, -0.1) is 5.10 Å². The fraction of sp³-hybridized carbons (Fsp3) is 0.250. The zero-order valence-corrected chi connectivity index (χ0v) is 13.6. The van der Waals surface area contributed by atoms with E-state index in [0.29, 0.717) is 5.56 Å². The van der Waals surface area contributed by atoms with Crippen LogP contribution in [0.25, 0.3) is 0 Å². The third-order valence-electron chi connectivity index (χ3n) is 2.93. The van der Waals surface area contributed by atoms with Crippen molar-refractivity contribution in [1.29, 1.82) is 0 Å². The SMILES string of the molecule is Cc1ccc(Cl)c(S(=O)(=O)Nc2nn(C)c(=O)n(C)c2=O)c1. The highest BCUT2D eigenvalue weighted by molar-refractivity contribution is 7.92. The maximum Gasteiger partial charge on any atom is 0.346 e. The van der Waals surface area contributed by atoms with E-state index in [0.717, 1.165) is 9.25 Å². The molecule has 0 bridgehead atoms. The molecule has 118 valence electrons. The van der Waals surface area contributed by atoms with Crippen molar-refractivity contribution in [2.24, 2.45) is 14.1 Å². The minimum absolute atomic E-state index is 0.0137. The number of nitrogens with one attached hydrogen (secondary N) is 1. The molecule has 1 aromatic heterocycles. The van der Waals surface area contributed by atoms with Gasteiger partial charge in [0.15, 0.2) is 0 Å². The van der Waals surface area contributed by atoms with Gasteiger partial charge in [0.1, 0.15) is 4.90 Å². The lowest BCUT2D eigenvalue weighted by atomic mass is 10.2. The predicted molar refractivity (Wildman–Crippen MR) is 81.7 cm³/mol. The van der Waals surface area contributed by atoms with Crippen molar-refractivity contribution >= 4 is 27.4 Å². The minimum Gasteiger partial charge on any atom is -0.265 e. The van der Waals surface area contributed by atoms with Crippen LogP contribution in [0.2, 0.25) is 5.02 Å². The minimum atomic E-state index is -4.11. The summed E-state index contributed by atoms with van der Waals surface area (Å²) in [6, 6.07) is 4.47. The van der Waals surface area contributed by atoms with Gasteiger partial charge in [0, 0.05) is 14.1 Å². The van der Waals surface area contributed by atoms with Gasteiger partial charge in [-0.2, -0.15) is 0 Å². The molecule has 0 amide bonds. The second kappa shape index (κ2) is 5.58. The lowest BCUT2D eigenvalue weighted by Gasteiger charge is -2.10. The average Bonchev–Trinajstić information content (AvgIpc) is 2.44. The second-order valence-corrected chi connectivity index (χ2v) is 6.72. The molecule has 1 aromatic carbocycles. The molecular formula is C12H13ClN4O4S. The first-order valence-electron chi connectivity index (χ1n) is 6.07. The van der Waals surface area contributed by atoms with Crippen molar-refractivity contribution in [2.45, 2.75) is 11.8 Å². The van der Waals surface area contributed by atoms with Crippen molar-refractivity contribution in [1.82, 2.24) is 14.3 Å². The summed E-state index contributed by atoms with van der Waals surface area (Å²) in [6.45, 7) is 1.71. The van der Waals surface area contributed by atoms with E-state index >= 15 is 0 Å². The summed E-state index contributed by atoms with van der Waals surface area (Å²) < 4.78 is 28.4. The molecule has 10 heteroatoms. The molecule has 0 aliphatic carbocycles. The highest BCUT2D eigenvalue weighted by Gasteiger charge is 2.21. The van der Waals surface area contributed by atoms with Crippen LogP contribution in [0.1, 0.15) is 5.56 Å². The van der Waals surface area contributed by atoms with E-state index in [1.54, 1.807) is 13.0 Å². The maximum atomic E-state index is 12.4. The molecule has 8 nitrogen and oxygen atoms in total. The van der Waals surface area contributed by atoms with Crippen LogP contribution in [0.4, 0.5) is 5.82 Å². The number of sulfonamides is 1. The van der Waals surface area contributed by atoms with Crippen LogP contribution in [-0.2, 0) is 24.1 Å². The molecule has 0 spiro atoms. The Morgan fingerprint density at radius 3 is 2.50 bits per heavy atom. The van der Waals surface area contributed by atoms with Crippen molar-refractivity contribution in [3.05, 3.63) is 49.6 Å². The highest BCUT2D eigenvalue weighted by Crippen LogP contribution is 2.23. The number of aryl methyl sites for hydroxylation is 2. The van der Waals surface area contributed by atoms with E-state index in [-0.39, 0.29) is 9.92 Å². The van der Waals surface area contributed by atoms with Crippen LogP contribution < -0.4 is 16.0 Å². The van der Waals surface area contributed by atoms with E-state index in [4.69, 9.17) is 11.6 Å². The second-order valence-electron chi connectivity index (χ2n) is 4.66. The Bertz CT molecular complexity index is 962. The number of benzene rings is 1. The summed E-state index contributed by atoms with van der Waals surface area (Å²) in [5.74, 6) is -0.484. The van der Waals surface area contributed by atoms with Crippen LogP contribution in [0.5, 0.6) is 0 Å². The van der Waals surface area contributed by atoms with E-state index in [1.165, 1.54) is 26.2 Å². The molecule has 0 aliphatic heterocycles. The molecule has 0 atom stereocenters. The van der Waals surface area contributed by atoms with Gasteiger partial charge in [0.25, 0.3) is 15.6 Å². The average molecular weight is 345 g/mol. The van der Waals surface area contributed by atoms with Gasteiger partial charge in [-0.1, -0.05) is 17.7 Å². The Morgan fingerprint density at radius 1 is 1.23 bits per heavy atom. The predicted octanol–water partition coefficient (Wildman–Crippen LogP) is 0.242. The quantitative estimate of drug-likeness (QED) is 0.859. The zero-order valence-electron chi connectivity index (χ0n) is 12.0. The van der Waals surface area contributed by atoms with Gasteiger partial charge < -0.3 is 0 Å². The third kappa shape index (κ3) is 2.90. The molecule has 0 fully saturated rings. The van der Waals surface area contributed by atoms with Gasteiger partial charge >= 0.3 is 5.69 Å². The van der Waals surface area contributed by atoms with Crippen molar-refractivity contribution in [3.8, 4) is 0 Å². The van der Waals surface area contributed by atoms with Crippen molar-refractivity contribution in [2.75, 3.05) is 4.72 Å². The van der Waals surface area contributed by atoms with Crippen molar-refractivity contribution in [3.63, 3.8) is 0 Å². The molecule has 1 N–H and O–H groups in total. The number of hydrogen-bond donors (Lipinski definition) is 1. The number of hydrogen-bond acceptors (Lipinski definition) is 5. The third-order valence-corrected chi connectivity index (χ3v) is 4.75. The first-order valence-corrected chi connectivity index (χ1v) is 7.93. The molecule has 1 heterocycles. The Hall–Kier alpha value is -2.13. The normalized spacial score (nSPS) is 11.5. The lowest BCUT2D eigenvalue weighted by Crippen LogP contribution is -2.40. The van der Waals surface area contributed by atoms with Gasteiger partial charge in [0.05, 0.1) is 5.02 Å². The Labute approximate surface area is 131 Å². The summed E-state index contributed by atoms with van der Waals surface area (Å²) in [5.41, 5.74) is -0.830. The van der Waals surface area contributed by atoms with Crippen molar-refractivity contribution < 1.29 is 8.42 Å². The van der Waals surface area contributed by atoms with E-state index in [9.17, 15) is 18.0 Å². The number of anilines is 1. The summed E-state index contributed by atoms with van der Waals surface area (Å²) in [4.78, 5) is 23.3. The molecule has 0 unspecified atom stereocenters. The molecule has 0 radical (unpaired) electrons. The summed E-state index contributed by atoms with van der Waals surface area (Å²) >= 11 is 5.90. The fourth-order valence-corrected chi connectivity index (χ4v) is 3.34. The number of nitrogens with zero attached hydrogens (tertiary/aromatic N) is 3. The molecule has 0 aliphatic rings. The monoisotopic (exact) mass is 344 g/mol.